The predicted molar refractivity (Wildman–Crippen MR) is 61.3 cm³/mol. The number of hydrogen-bond donors (Lipinski definition) is 1. The molecule has 1 aliphatic carbocycles. The Morgan fingerprint density at radius 1 is 1.57 bits per heavy atom. The number of pyridine rings is 1. The number of nitrogens with zero attached hydrogens (tertiary/aromatic N) is 2. The average Bonchev–Trinajstić information content (AvgIpc) is 2.13. The Hall–Kier alpha value is -0.610. The second kappa shape index (κ2) is 3.87. The van der Waals surface area contributed by atoms with Crippen molar-refractivity contribution in [3.8, 4) is 0 Å². The van der Waals surface area contributed by atoms with Gasteiger partial charge in [-0.1, -0.05) is 0 Å². The minimum Gasteiger partial charge on any atom is -0.356 e. The molecule has 1 saturated carbocycles. The van der Waals surface area contributed by atoms with Gasteiger partial charge in [-0.3, -0.25) is 0 Å². The number of hydrogen-bond acceptors (Lipinski definition) is 3. The molecule has 0 atom stereocenters. The van der Waals surface area contributed by atoms with Crippen molar-refractivity contribution in [2.75, 3.05) is 11.9 Å². The number of halogens is 1. The van der Waals surface area contributed by atoms with Gasteiger partial charge in [-0.25, -0.2) is 4.98 Å². The van der Waals surface area contributed by atoms with Gasteiger partial charge in [0, 0.05) is 25.3 Å². The lowest BCUT2D eigenvalue weighted by atomic mass is 9.86. The van der Waals surface area contributed by atoms with E-state index in [1.807, 2.05) is 18.3 Å². The first-order valence-electron chi connectivity index (χ1n) is 4.77. The van der Waals surface area contributed by atoms with E-state index in [9.17, 15) is 0 Å². The topological polar surface area (TPSA) is 42.2 Å². The maximum Gasteiger partial charge on any atom is 0.142 e. The third-order valence-electron chi connectivity index (χ3n) is 2.77. The van der Waals surface area contributed by atoms with Crippen molar-refractivity contribution in [2.45, 2.75) is 24.9 Å². The van der Waals surface area contributed by atoms with Crippen molar-refractivity contribution in [2.24, 2.45) is 5.73 Å². The lowest BCUT2D eigenvalue weighted by Gasteiger charge is -2.40. The molecular formula is C10H14BrN3. The van der Waals surface area contributed by atoms with Crippen molar-refractivity contribution in [1.29, 1.82) is 0 Å². The summed E-state index contributed by atoms with van der Waals surface area (Å²) in [5, 5.41) is 0. The molecule has 4 heteroatoms. The van der Waals surface area contributed by atoms with Crippen LogP contribution in [0.5, 0.6) is 0 Å². The van der Waals surface area contributed by atoms with Gasteiger partial charge in [-0.15, -0.1) is 0 Å². The fraction of sp³-hybridized carbons (Fsp3) is 0.500. The Morgan fingerprint density at radius 2 is 2.29 bits per heavy atom. The van der Waals surface area contributed by atoms with Gasteiger partial charge >= 0.3 is 0 Å². The molecule has 0 bridgehead atoms. The standard InChI is InChI=1S/C10H14BrN3/c1-14(8-5-7(12)6-8)10-9(11)3-2-4-13-10/h2-4,7-8H,5-6,12H2,1H3. The van der Waals surface area contributed by atoms with Gasteiger partial charge in [0.2, 0.25) is 0 Å². The molecule has 0 aromatic carbocycles. The van der Waals surface area contributed by atoms with Crippen LogP contribution in [0.15, 0.2) is 22.8 Å². The van der Waals surface area contributed by atoms with Crippen LogP contribution in [0, 0.1) is 0 Å². The van der Waals surface area contributed by atoms with Crippen molar-refractivity contribution < 1.29 is 0 Å². The highest BCUT2D eigenvalue weighted by Gasteiger charge is 2.30. The monoisotopic (exact) mass is 255 g/mol. The van der Waals surface area contributed by atoms with E-state index in [0.717, 1.165) is 23.1 Å². The number of aromatic nitrogens is 1. The lowest BCUT2D eigenvalue weighted by molar-refractivity contribution is 0.338. The minimum absolute atomic E-state index is 0.380. The maximum atomic E-state index is 5.76. The summed E-state index contributed by atoms with van der Waals surface area (Å²) in [4.78, 5) is 6.55. The Kier molecular flexibility index (Phi) is 2.74. The lowest BCUT2D eigenvalue weighted by Crippen LogP contribution is -2.49. The Bertz CT molecular complexity index is 323. The molecule has 1 fully saturated rings. The van der Waals surface area contributed by atoms with Crippen LogP contribution in [0.2, 0.25) is 0 Å². The fourth-order valence-electron chi connectivity index (χ4n) is 1.76. The van der Waals surface area contributed by atoms with E-state index in [-0.39, 0.29) is 0 Å². The van der Waals surface area contributed by atoms with E-state index in [1.165, 1.54) is 0 Å². The predicted octanol–water partition coefficient (Wildman–Crippen LogP) is 1.77. The SMILES string of the molecule is CN(c1ncccc1Br)C1CC(N)C1. The summed E-state index contributed by atoms with van der Waals surface area (Å²) in [5.41, 5.74) is 5.76. The Morgan fingerprint density at radius 3 is 2.86 bits per heavy atom. The first-order chi connectivity index (χ1) is 6.68. The molecule has 0 amide bonds. The highest BCUT2D eigenvalue weighted by atomic mass is 79.9. The molecule has 1 aromatic rings. The highest BCUT2D eigenvalue weighted by Crippen LogP contribution is 2.30. The van der Waals surface area contributed by atoms with E-state index in [2.05, 4.69) is 32.9 Å². The molecule has 0 saturated heterocycles. The van der Waals surface area contributed by atoms with Gasteiger partial charge in [0.05, 0.1) is 4.47 Å². The number of nitrogens with two attached hydrogens (primary N) is 1. The zero-order chi connectivity index (χ0) is 10.1. The van der Waals surface area contributed by atoms with Gasteiger partial charge in [0.1, 0.15) is 5.82 Å². The molecule has 76 valence electrons. The molecular weight excluding hydrogens is 242 g/mol. The molecule has 2 rings (SSSR count). The maximum absolute atomic E-state index is 5.76. The summed E-state index contributed by atoms with van der Waals surface area (Å²) in [7, 11) is 2.07. The van der Waals surface area contributed by atoms with Crippen LogP contribution in [-0.2, 0) is 0 Å². The van der Waals surface area contributed by atoms with Crippen LogP contribution >= 0.6 is 15.9 Å². The molecule has 3 nitrogen and oxygen atoms in total. The Labute approximate surface area is 92.4 Å². The zero-order valence-electron chi connectivity index (χ0n) is 8.15. The molecule has 2 N–H and O–H groups in total. The molecule has 14 heavy (non-hydrogen) atoms. The smallest absolute Gasteiger partial charge is 0.142 e. The van der Waals surface area contributed by atoms with E-state index in [4.69, 9.17) is 5.73 Å². The van der Waals surface area contributed by atoms with E-state index < -0.39 is 0 Å². The molecule has 1 heterocycles. The second-order valence-electron chi connectivity index (χ2n) is 3.81. The number of rotatable bonds is 2. The van der Waals surface area contributed by atoms with Crippen LogP contribution < -0.4 is 10.6 Å². The summed E-state index contributed by atoms with van der Waals surface area (Å²) >= 11 is 3.50. The Balaban J connectivity index is 2.11. The van der Waals surface area contributed by atoms with Gasteiger partial charge < -0.3 is 10.6 Å². The van der Waals surface area contributed by atoms with Crippen LogP contribution in [0.4, 0.5) is 5.82 Å². The van der Waals surface area contributed by atoms with Crippen LogP contribution in [0.25, 0.3) is 0 Å². The van der Waals surface area contributed by atoms with Crippen LogP contribution in [0.3, 0.4) is 0 Å². The van der Waals surface area contributed by atoms with E-state index in [1.54, 1.807) is 0 Å². The van der Waals surface area contributed by atoms with Crippen LogP contribution in [0.1, 0.15) is 12.8 Å². The third kappa shape index (κ3) is 1.77. The summed E-state index contributed by atoms with van der Waals surface area (Å²) < 4.78 is 1.04. The van der Waals surface area contributed by atoms with Crippen molar-refractivity contribution >= 4 is 21.7 Å². The molecule has 0 radical (unpaired) electrons. The molecule has 0 spiro atoms. The van der Waals surface area contributed by atoms with Crippen LogP contribution in [-0.4, -0.2) is 24.1 Å². The molecule has 1 aliphatic rings. The first kappa shape index (κ1) is 9.93. The fourth-order valence-corrected chi connectivity index (χ4v) is 2.29. The average molecular weight is 256 g/mol. The van der Waals surface area contributed by atoms with Gasteiger partial charge in [0.15, 0.2) is 0 Å². The van der Waals surface area contributed by atoms with E-state index in [0.29, 0.717) is 12.1 Å². The van der Waals surface area contributed by atoms with Gasteiger partial charge in [-0.05, 0) is 40.9 Å². The zero-order valence-corrected chi connectivity index (χ0v) is 9.74. The van der Waals surface area contributed by atoms with Gasteiger partial charge in [0.25, 0.3) is 0 Å². The van der Waals surface area contributed by atoms with Crippen molar-refractivity contribution in [3.63, 3.8) is 0 Å². The van der Waals surface area contributed by atoms with Gasteiger partial charge in [-0.2, -0.15) is 0 Å². The summed E-state index contributed by atoms with van der Waals surface area (Å²) in [5.74, 6) is 1.00. The number of anilines is 1. The molecule has 0 unspecified atom stereocenters. The highest BCUT2D eigenvalue weighted by molar-refractivity contribution is 9.10. The minimum atomic E-state index is 0.380. The summed E-state index contributed by atoms with van der Waals surface area (Å²) in [6.45, 7) is 0. The summed E-state index contributed by atoms with van der Waals surface area (Å²) in [6, 6.07) is 4.87. The molecule has 0 aliphatic heterocycles. The largest absolute Gasteiger partial charge is 0.356 e. The van der Waals surface area contributed by atoms with Crippen molar-refractivity contribution in [1.82, 2.24) is 4.98 Å². The van der Waals surface area contributed by atoms with Crippen molar-refractivity contribution in [3.05, 3.63) is 22.8 Å². The quantitative estimate of drug-likeness (QED) is 0.876. The second-order valence-corrected chi connectivity index (χ2v) is 4.66. The molecule has 1 aromatic heterocycles. The van der Waals surface area contributed by atoms with E-state index >= 15 is 0 Å². The first-order valence-corrected chi connectivity index (χ1v) is 5.56. The summed E-state index contributed by atoms with van der Waals surface area (Å²) in [6.07, 6.45) is 3.95. The normalized spacial score (nSPS) is 25.6. The third-order valence-corrected chi connectivity index (χ3v) is 3.39.